The molecule has 44 heavy (non-hydrogen) atoms. The molecule has 2 aliphatic rings. The molecule has 0 bridgehead atoms. The van der Waals surface area contributed by atoms with Crippen LogP contribution in [0.1, 0.15) is 34.8 Å². The maximum absolute atomic E-state index is 14.3. The van der Waals surface area contributed by atoms with Gasteiger partial charge < -0.3 is 24.1 Å². The van der Waals surface area contributed by atoms with Gasteiger partial charge >= 0.3 is 0 Å². The van der Waals surface area contributed by atoms with E-state index in [4.69, 9.17) is 29.0 Å². The number of aliphatic imine (C=N–C) groups is 1. The number of benzene rings is 4. The third-order valence-electron chi connectivity index (χ3n) is 7.45. The van der Waals surface area contributed by atoms with E-state index in [1.807, 2.05) is 97.1 Å². The van der Waals surface area contributed by atoms with Crippen LogP contribution in [0.3, 0.4) is 0 Å². The Morgan fingerprint density at radius 3 is 2.50 bits per heavy atom. The summed E-state index contributed by atoms with van der Waals surface area (Å²) in [4.78, 5) is 19.4. The summed E-state index contributed by atoms with van der Waals surface area (Å²) < 4.78 is 24.1. The first-order valence-corrected chi connectivity index (χ1v) is 15.2. The summed E-state index contributed by atoms with van der Waals surface area (Å²) in [6, 6.07) is 30.6. The number of hydrazine groups is 1. The van der Waals surface area contributed by atoms with E-state index in [1.54, 1.807) is 0 Å². The number of hydrogen-bond donors (Lipinski definition) is 3. The number of aliphatic hydroxyl groups is 1. The van der Waals surface area contributed by atoms with Gasteiger partial charge in [-0.2, -0.15) is 0 Å². The van der Waals surface area contributed by atoms with Crippen LogP contribution in [0.4, 0.5) is 0 Å². The van der Waals surface area contributed by atoms with Crippen LogP contribution >= 0.6 is 15.9 Å². The fourth-order valence-electron chi connectivity index (χ4n) is 5.21. The highest BCUT2D eigenvalue weighted by atomic mass is 79.9. The molecule has 4 aromatic rings. The molecule has 3 N–H and O–H groups in total. The van der Waals surface area contributed by atoms with E-state index in [-0.39, 0.29) is 19.3 Å². The normalized spacial score (nSPS) is 18.4. The number of amides is 1. The first-order valence-electron chi connectivity index (χ1n) is 14.4. The second-order valence-corrected chi connectivity index (χ2v) is 11.4. The summed E-state index contributed by atoms with van der Waals surface area (Å²) in [5, 5.41) is 9.05. The van der Waals surface area contributed by atoms with Crippen molar-refractivity contribution in [2.45, 2.75) is 31.0 Å². The summed E-state index contributed by atoms with van der Waals surface area (Å²) in [5.74, 6) is 2.09. The number of hydrogen-bond acceptors (Lipinski definition) is 8. The van der Waals surface area contributed by atoms with Gasteiger partial charge in [0, 0.05) is 36.0 Å². The number of nitrogens with zero attached hydrogens (tertiary/aromatic N) is 1. The summed E-state index contributed by atoms with van der Waals surface area (Å²) in [6.07, 6.45) is 0.142. The van der Waals surface area contributed by atoms with Crippen molar-refractivity contribution in [2.24, 2.45) is 4.99 Å². The molecule has 226 valence electrons. The zero-order valence-corrected chi connectivity index (χ0v) is 25.5. The Balaban J connectivity index is 1.32. The molecule has 2 aliphatic heterocycles. The van der Waals surface area contributed by atoms with E-state index < -0.39 is 11.6 Å². The van der Waals surface area contributed by atoms with Gasteiger partial charge in [-0.25, -0.2) is 10.4 Å². The first kappa shape index (κ1) is 29.7. The van der Waals surface area contributed by atoms with Crippen molar-refractivity contribution in [3.05, 3.63) is 124 Å². The Kier molecular flexibility index (Phi) is 9.11. The van der Waals surface area contributed by atoms with Crippen LogP contribution in [0.5, 0.6) is 17.2 Å². The van der Waals surface area contributed by atoms with Gasteiger partial charge in [-0.3, -0.25) is 10.2 Å². The lowest BCUT2D eigenvalue weighted by Gasteiger charge is -2.31. The Hall–Kier alpha value is -4.38. The number of carbonyl (C=O) groups excluding carboxylic acids is 1. The maximum Gasteiger partial charge on any atom is 0.266 e. The van der Waals surface area contributed by atoms with Gasteiger partial charge in [0.15, 0.2) is 23.1 Å². The van der Waals surface area contributed by atoms with Gasteiger partial charge in [-0.15, -0.1) is 0 Å². The second kappa shape index (κ2) is 13.5. The van der Waals surface area contributed by atoms with Crippen molar-refractivity contribution in [3.8, 4) is 17.2 Å². The highest BCUT2D eigenvalue weighted by molar-refractivity contribution is 9.10. The van der Waals surface area contributed by atoms with Crippen molar-refractivity contribution in [1.29, 1.82) is 0 Å². The molecule has 6 rings (SSSR count). The molecule has 2 heterocycles. The minimum atomic E-state index is -1.33. The fraction of sp³-hybridized carbons (Fsp3) is 0.235. The number of aliphatic hydroxyl groups excluding tert-OH is 1. The van der Waals surface area contributed by atoms with Gasteiger partial charge in [0.25, 0.3) is 5.91 Å². The Labute approximate surface area is 263 Å². The molecule has 0 fully saturated rings. The van der Waals surface area contributed by atoms with E-state index in [9.17, 15) is 4.79 Å². The number of carbonyl (C=O) groups is 1. The van der Waals surface area contributed by atoms with Gasteiger partial charge in [0.2, 0.25) is 12.7 Å². The molecular formula is C34H32BrN3O6. The summed E-state index contributed by atoms with van der Waals surface area (Å²) in [7, 11) is 0. The minimum Gasteiger partial charge on any atom is -0.494 e. The third kappa shape index (κ3) is 6.57. The summed E-state index contributed by atoms with van der Waals surface area (Å²) in [6.45, 7) is 1.04. The number of nitrogens with one attached hydrogen (secondary N) is 2. The Bertz CT molecular complexity index is 1610. The maximum atomic E-state index is 14.3. The molecule has 0 radical (unpaired) electrons. The van der Waals surface area contributed by atoms with Gasteiger partial charge in [0.05, 0.1) is 6.61 Å². The molecule has 0 aliphatic carbocycles. The Morgan fingerprint density at radius 2 is 1.73 bits per heavy atom. The molecule has 0 unspecified atom stereocenters. The lowest BCUT2D eigenvalue weighted by atomic mass is 9.82. The molecule has 4 aromatic carbocycles. The molecule has 0 saturated heterocycles. The number of rotatable bonds is 12. The van der Waals surface area contributed by atoms with Crippen molar-refractivity contribution in [3.63, 3.8) is 0 Å². The average Bonchev–Trinajstić information content (AvgIpc) is 3.68. The van der Waals surface area contributed by atoms with E-state index in [0.717, 1.165) is 26.7 Å². The highest BCUT2D eigenvalue weighted by Gasteiger charge is 2.53. The zero-order valence-electron chi connectivity index (χ0n) is 23.9. The van der Waals surface area contributed by atoms with Crippen LogP contribution in [-0.4, -0.2) is 42.5 Å². The summed E-state index contributed by atoms with van der Waals surface area (Å²) >= 11 is 3.52. The standard InChI is InChI=1S/C34H32BrN3O6/c35-27-12-8-25(9-13-27)31-34(20-23-5-2-1-3-6-23,33(40)38-36-21-24-7-16-29-30(19-24)43-22-42-29)37-32(44-31)26-10-14-28(15-11-26)41-18-4-17-39/h1-3,5-16,19,31,36,39H,4,17-18,20-22H2,(H,38,40)/t31-,34-/m0/s1. The fourth-order valence-corrected chi connectivity index (χ4v) is 5.48. The van der Waals surface area contributed by atoms with Gasteiger partial charge in [0.1, 0.15) is 5.75 Å². The zero-order chi connectivity index (χ0) is 30.4. The minimum absolute atomic E-state index is 0.0668. The Morgan fingerprint density at radius 1 is 0.955 bits per heavy atom. The molecule has 2 atom stereocenters. The summed E-state index contributed by atoms with van der Waals surface area (Å²) in [5.41, 5.74) is 8.08. The predicted octanol–water partition coefficient (Wildman–Crippen LogP) is 5.26. The molecule has 0 saturated carbocycles. The van der Waals surface area contributed by atoms with E-state index in [1.165, 1.54) is 0 Å². The SMILES string of the molecule is O=C(NNCc1ccc2c(c1)OCO2)[C@@]1(Cc2ccccc2)N=C(c2ccc(OCCCO)cc2)O[C@H]1c1ccc(Br)cc1. The van der Waals surface area contributed by atoms with Gasteiger partial charge in [-0.05, 0) is 65.2 Å². The second-order valence-electron chi connectivity index (χ2n) is 10.5. The predicted molar refractivity (Wildman–Crippen MR) is 169 cm³/mol. The molecule has 1 amide bonds. The molecule has 9 nitrogen and oxygen atoms in total. The lowest BCUT2D eigenvalue weighted by Crippen LogP contribution is -2.53. The van der Waals surface area contributed by atoms with Crippen LogP contribution in [0.15, 0.2) is 107 Å². The third-order valence-corrected chi connectivity index (χ3v) is 7.98. The number of halogens is 1. The lowest BCUT2D eigenvalue weighted by molar-refractivity contribution is -0.130. The van der Waals surface area contributed by atoms with Crippen LogP contribution in [0, 0.1) is 0 Å². The number of fused-ring (bicyclic) bond motifs is 1. The van der Waals surface area contributed by atoms with Crippen molar-refractivity contribution >= 4 is 27.7 Å². The molecule has 0 spiro atoms. The molecule has 0 aromatic heterocycles. The quantitative estimate of drug-likeness (QED) is 0.141. The van der Waals surface area contributed by atoms with E-state index in [0.29, 0.717) is 49.1 Å². The van der Waals surface area contributed by atoms with Crippen LogP contribution < -0.4 is 25.1 Å². The molecule has 10 heteroatoms. The first-order chi connectivity index (χ1) is 21.5. The number of ether oxygens (including phenoxy) is 4. The van der Waals surface area contributed by atoms with Crippen LogP contribution in [-0.2, 0) is 22.5 Å². The van der Waals surface area contributed by atoms with Crippen LogP contribution in [0.2, 0.25) is 0 Å². The van der Waals surface area contributed by atoms with Crippen molar-refractivity contribution < 1.29 is 28.8 Å². The average molecular weight is 659 g/mol. The molecular weight excluding hydrogens is 626 g/mol. The van der Waals surface area contributed by atoms with E-state index in [2.05, 4.69) is 26.8 Å². The van der Waals surface area contributed by atoms with Crippen molar-refractivity contribution in [1.82, 2.24) is 10.9 Å². The van der Waals surface area contributed by atoms with Crippen LogP contribution in [0.25, 0.3) is 0 Å². The largest absolute Gasteiger partial charge is 0.494 e. The monoisotopic (exact) mass is 657 g/mol. The highest BCUT2D eigenvalue weighted by Crippen LogP contribution is 2.43. The van der Waals surface area contributed by atoms with E-state index >= 15 is 0 Å². The topological polar surface area (TPSA) is 111 Å². The van der Waals surface area contributed by atoms with Gasteiger partial charge in [-0.1, -0.05) is 64.5 Å². The van der Waals surface area contributed by atoms with Crippen molar-refractivity contribution in [2.75, 3.05) is 20.0 Å². The smallest absolute Gasteiger partial charge is 0.266 e.